The molecule has 0 amide bonds. The van der Waals surface area contributed by atoms with Crippen molar-refractivity contribution in [1.82, 2.24) is 0 Å². The average Bonchev–Trinajstić information content (AvgIpc) is 3.04. The number of hydrogen-bond acceptors (Lipinski definition) is 2. The molecular weight excluding hydrogens is 270 g/mol. The van der Waals surface area contributed by atoms with Crippen molar-refractivity contribution in [2.24, 2.45) is 10.9 Å². The Morgan fingerprint density at radius 3 is 2.45 bits per heavy atom. The summed E-state index contributed by atoms with van der Waals surface area (Å²) < 4.78 is 5.82. The van der Waals surface area contributed by atoms with Gasteiger partial charge in [0.15, 0.2) is 0 Å². The van der Waals surface area contributed by atoms with E-state index >= 15 is 0 Å². The summed E-state index contributed by atoms with van der Waals surface area (Å²) in [6.45, 7) is 5.05. The molecule has 0 radical (unpaired) electrons. The molecule has 2 heteroatoms. The molecule has 1 heterocycles. The summed E-state index contributed by atoms with van der Waals surface area (Å²) in [7, 11) is 0. The van der Waals surface area contributed by atoms with Gasteiger partial charge in [0, 0.05) is 5.56 Å². The normalized spacial score (nSPS) is 17.8. The zero-order valence-electron chi connectivity index (χ0n) is 13.1. The van der Waals surface area contributed by atoms with Crippen LogP contribution < -0.4 is 0 Å². The highest BCUT2D eigenvalue weighted by molar-refractivity contribution is 5.99. The maximum absolute atomic E-state index is 5.82. The predicted molar refractivity (Wildman–Crippen MR) is 92.9 cm³/mol. The molecule has 0 saturated heterocycles. The van der Waals surface area contributed by atoms with Gasteiger partial charge in [0.1, 0.15) is 6.61 Å². The topological polar surface area (TPSA) is 21.6 Å². The zero-order chi connectivity index (χ0) is 15.4. The highest BCUT2D eigenvalue weighted by Crippen LogP contribution is 2.21. The molecule has 0 N–H and O–H groups in total. The second-order valence-corrected chi connectivity index (χ2v) is 5.89. The number of nitrogens with zero attached hydrogens (tertiary/aromatic N) is 1. The molecular formula is C20H21NO. The highest BCUT2D eigenvalue weighted by atomic mass is 16.5. The van der Waals surface area contributed by atoms with E-state index in [9.17, 15) is 0 Å². The monoisotopic (exact) mass is 291 g/mol. The summed E-state index contributed by atoms with van der Waals surface area (Å²) in [6.07, 6.45) is 4.24. The molecule has 0 bridgehead atoms. The summed E-state index contributed by atoms with van der Waals surface area (Å²) in [5.74, 6) is 1.27. The number of aliphatic imine (C=N–C) groups is 1. The lowest BCUT2D eigenvalue weighted by Crippen LogP contribution is -2.13. The Kier molecular flexibility index (Phi) is 4.38. The lowest BCUT2D eigenvalue weighted by molar-refractivity contribution is 0.292. The molecule has 2 aromatic rings. The zero-order valence-corrected chi connectivity index (χ0v) is 13.1. The Bertz CT molecular complexity index is 686. The van der Waals surface area contributed by atoms with Crippen LogP contribution in [0.1, 0.15) is 30.5 Å². The van der Waals surface area contributed by atoms with Gasteiger partial charge in [0.05, 0.1) is 6.04 Å². The van der Waals surface area contributed by atoms with Crippen LogP contribution in [-0.2, 0) is 4.74 Å². The first kappa shape index (κ1) is 14.6. The molecule has 2 aromatic carbocycles. The molecule has 2 nitrogen and oxygen atoms in total. The maximum atomic E-state index is 5.82. The summed E-state index contributed by atoms with van der Waals surface area (Å²) in [5, 5.41) is 0. The average molecular weight is 291 g/mol. The minimum atomic E-state index is 0.265. The van der Waals surface area contributed by atoms with Gasteiger partial charge < -0.3 is 4.74 Å². The van der Waals surface area contributed by atoms with Crippen molar-refractivity contribution in [3.63, 3.8) is 0 Å². The Balaban J connectivity index is 1.88. The van der Waals surface area contributed by atoms with Gasteiger partial charge in [-0.25, -0.2) is 4.99 Å². The van der Waals surface area contributed by atoms with Crippen molar-refractivity contribution < 1.29 is 4.74 Å². The molecule has 1 atom stereocenters. The molecule has 3 rings (SSSR count). The fourth-order valence-corrected chi connectivity index (χ4v) is 2.47. The van der Waals surface area contributed by atoms with Gasteiger partial charge in [-0.15, -0.1) is 0 Å². The van der Waals surface area contributed by atoms with Crippen LogP contribution in [0.3, 0.4) is 0 Å². The first-order valence-electron chi connectivity index (χ1n) is 7.77. The molecule has 0 unspecified atom stereocenters. The van der Waals surface area contributed by atoms with Gasteiger partial charge in [-0.3, -0.25) is 0 Å². The highest BCUT2D eigenvalue weighted by Gasteiger charge is 2.23. The number of benzene rings is 2. The minimum absolute atomic E-state index is 0.265. The smallest absolute Gasteiger partial charge is 0.217 e. The van der Waals surface area contributed by atoms with Gasteiger partial charge >= 0.3 is 0 Å². The van der Waals surface area contributed by atoms with E-state index in [1.807, 2.05) is 30.3 Å². The first-order chi connectivity index (χ1) is 10.7. The van der Waals surface area contributed by atoms with Crippen LogP contribution in [0.25, 0.3) is 12.2 Å². The Labute approximate surface area is 132 Å². The van der Waals surface area contributed by atoms with E-state index in [1.165, 1.54) is 5.56 Å². The number of rotatable bonds is 4. The van der Waals surface area contributed by atoms with Gasteiger partial charge in [0.25, 0.3) is 0 Å². The molecule has 0 fully saturated rings. The van der Waals surface area contributed by atoms with Gasteiger partial charge in [-0.2, -0.15) is 0 Å². The minimum Gasteiger partial charge on any atom is -0.475 e. The lowest BCUT2D eigenvalue weighted by atomic mass is 10.1. The fourth-order valence-electron chi connectivity index (χ4n) is 2.47. The second kappa shape index (κ2) is 6.61. The quantitative estimate of drug-likeness (QED) is 0.751. The summed E-state index contributed by atoms with van der Waals surface area (Å²) in [4.78, 5) is 4.73. The van der Waals surface area contributed by atoms with Gasteiger partial charge in [-0.1, -0.05) is 74.5 Å². The van der Waals surface area contributed by atoms with Crippen LogP contribution in [0.15, 0.2) is 59.6 Å². The van der Waals surface area contributed by atoms with E-state index in [0.717, 1.165) is 17.0 Å². The van der Waals surface area contributed by atoms with Crippen LogP contribution in [0.5, 0.6) is 0 Å². The van der Waals surface area contributed by atoms with E-state index in [0.29, 0.717) is 12.5 Å². The van der Waals surface area contributed by atoms with E-state index in [1.54, 1.807) is 0 Å². The molecule has 22 heavy (non-hydrogen) atoms. The van der Waals surface area contributed by atoms with Crippen LogP contribution >= 0.6 is 0 Å². The lowest BCUT2D eigenvalue weighted by Gasteiger charge is -2.06. The summed E-state index contributed by atoms with van der Waals surface area (Å²) in [6, 6.07) is 18.8. The SMILES string of the molecule is CC(C)[C@H]1COC(c2ccccc2/C=C/c2ccccc2)=N1. The fraction of sp³-hybridized carbons (Fsp3) is 0.250. The van der Waals surface area contributed by atoms with E-state index in [-0.39, 0.29) is 6.04 Å². The van der Waals surface area contributed by atoms with Crippen molar-refractivity contribution in [1.29, 1.82) is 0 Å². The van der Waals surface area contributed by atoms with Crippen molar-refractivity contribution in [2.75, 3.05) is 6.61 Å². The third-order valence-electron chi connectivity index (χ3n) is 3.89. The Morgan fingerprint density at radius 1 is 1.00 bits per heavy atom. The van der Waals surface area contributed by atoms with E-state index < -0.39 is 0 Å². The summed E-state index contributed by atoms with van der Waals surface area (Å²) >= 11 is 0. The third kappa shape index (κ3) is 3.28. The van der Waals surface area contributed by atoms with Crippen molar-refractivity contribution in [3.05, 3.63) is 71.3 Å². The molecule has 0 spiro atoms. The molecule has 1 aliphatic heterocycles. The third-order valence-corrected chi connectivity index (χ3v) is 3.89. The maximum Gasteiger partial charge on any atom is 0.217 e. The van der Waals surface area contributed by atoms with Gasteiger partial charge in [-0.05, 0) is 23.1 Å². The Hall–Kier alpha value is -2.35. The number of ether oxygens (including phenoxy) is 1. The summed E-state index contributed by atoms with van der Waals surface area (Å²) in [5.41, 5.74) is 3.39. The second-order valence-electron chi connectivity index (χ2n) is 5.89. The molecule has 1 aliphatic rings. The standard InChI is InChI=1S/C20H21NO/c1-15(2)19-14-22-20(21-19)18-11-7-6-10-17(18)13-12-16-8-4-3-5-9-16/h3-13,15,19H,14H2,1-2H3/b13-12+/t19-/m1/s1. The van der Waals surface area contributed by atoms with Crippen LogP contribution in [-0.4, -0.2) is 18.5 Å². The predicted octanol–water partition coefficient (Wildman–Crippen LogP) is 4.66. The van der Waals surface area contributed by atoms with Crippen molar-refractivity contribution in [2.45, 2.75) is 19.9 Å². The van der Waals surface area contributed by atoms with Crippen molar-refractivity contribution in [3.8, 4) is 0 Å². The van der Waals surface area contributed by atoms with Crippen molar-refractivity contribution >= 4 is 18.0 Å². The molecule has 0 aromatic heterocycles. The van der Waals surface area contributed by atoms with Crippen LogP contribution in [0.2, 0.25) is 0 Å². The molecule has 0 saturated carbocycles. The largest absolute Gasteiger partial charge is 0.475 e. The number of hydrogen-bond donors (Lipinski definition) is 0. The van der Waals surface area contributed by atoms with E-state index in [4.69, 9.17) is 9.73 Å². The van der Waals surface area contributed by atoms with Crippen LogP contribution in [0, 0.1) is 5.92 Å². The Morgan fingerprint density at radius 2 is 1.73 bits per heavy atom. The van der Waals surface area contributed by atoms with E-state index in [2.05, 4.69) is 50.3 Å². The molecule has 0 aliphatic carbocycles. The van der Waals surface area contributed by atoms with Gasteiger partial charge in [0.2, 0.25) is 5.90 Å². The van der Waals surface area contributed by atoms with Crippen LogP contribution in [0.4, 0.5) is 0 Å². The molecule has 112 valence electrons. The first-order valence-corrected chi connectivity index (χ1v) is 7.77.